The molecule has 1 amide bonds. The number of benzene rings is 1. The van der Waals surface area contributed by atoms with Gasteiger partial charge in [-0.1, -0.05) is 11.6 Å². The molecule has 0 spiro atoms. The maximum atomic E-state index is 11.8. The fourth-order valence-electron chi connectivity index (χ4n) is 1.66. The lowest BCUT2D eigenvalue weighted by Crippen LogP contribution is -2.26. The molecule has 0 aliphatic heterocycles. The van der Waals surface area contributed by atoms with Gasteiger partial charge in [-0.25, -0.2) is 0 Å². The number of nitro groups is 1. The van der Waals surface area contributed by atoms with Gasteiger partial charge in [-0.05, 0) is 25.5 Å². The third-order valence-corrected chi connectivity index (χ3v) is 3.17. The van der Waals surface area contributed by atoms with Gasteiger partial charge in [0.15, 0.2) is 0 Å². The van der Waals surface area contributed by atoms with Crippen molar-refractivity contribution in [2.75, 3.05) is 25.1 Å². The van der Waals surface area contributed by atoms with Crippen molar-refractivity contribution in [2.45, 2.75) is 13.3 Å². The van der Waals surface area contributed by atoms with Crippen LogP contribution in [0.3, 0.4) is 0 Å². The van der Waals surface area contributed by atoms with Crippen LogP contribution in [0.2, 0.25) is 5.02 Å². The molecule has 0 radical (unpaired) electrons. The maximum absolute atomic E-state index is 11.8. The van der Waals surface area contributed by atoms with Crippen molar-refractivity contribution in [1.82, 2.24) is 5.32 Å². The van der Waals surface area contributed by atoms with E-state index in [0.717, 1.165) is 0 Å². The highest BCUT2D eigenvalue weighted by Gasteiger charge is 2.13. The first-order valence-electron chi connectivity index (χ1n) is 7.16. The summed E-state index contributed by atoms with van der Waals surface area (Å²) in [6, 6.07) is 5.84. The lowest BCUT2D eigenvalue weighted by molar-refractivity contribution is -0.384. The van der Waals surface area contributed by atoms with Crippen LogP contribution in [0.15, 0.2) is 30.0 Å². The van der Waals surface area contributed by atoms with Crippen molar-refractivity contribution >= 4 is 28.9 Å². The van der Waals surface area contributed by atoms with Crippen molar-refractivity contribution in [2.24, 2.45) is 0 Å². The molecule has 128 valence electrons. The van der Waals surface area contributed by atoms with Gasteiger partial charge in [0.1, 0.15) is 16.7 Å². The Kier molecular flexibility index (Phi) is 8.25. The number of carbonyl (C=O) groups excluding carboxylic acids is 1. The molecule has 0 aliphatic rings. The normalized spacial score (nSPS) is 10.8. The predicted molar refractivity (Wildman–Crippen MR) is 89.5 cm³/mol. The summed E-state index contributed by atoms with van der Waals surface area (Å²) in [6.07, 6.45) is 1.82. The SMILES string of the molecule is CCOCCCNC(=O)/C(C#N)=C\Nc1ccc(Cl)c([N+](=O)[O-])c1. The number of carbonyl (C=O) groups is 1. The fraction of sp³-hybridized carbons (Fsp3) is 0.333. The Hall–Kier alpha value is -2.63. The van der Waals surface area contributed by atoms with Crippen LogP contribution in [-0.4, -0.2) is 30.6 Å². The van der Waals surface area contributed by atoms with Gasteiger partial charge in [-0.3, -0.25) is 14.9 Å². The van der Waals surface area contributed by atoms with Crippen LogP contribution in [0.1, 0.15) is 13.3 Å². The topological polar surface area (TPSA) is 117 Å². The Morgan fingerprint density at radius 2 is 2.29 bits per heavy atom. The first-order chi connectivity index (χ1) is 11.5. The molecule has 1 aromatic rings. The summed E-state index contributed by atoms with van der Waals surface area (Å²) in [4.78, 5) is 22.0. The van der Waals surface area contributed by atoms with Crippen LogP contribution >= 0.6 is 11.6 Å². The average Bonchev–Trinajstić information content (AvgIpc) is 2.56. The van der Waals surface area contributed by atoms with Crippen LogP contribution in [0, 0.1) is 21.4 Å². The van der Waals surface area contributed by atoms with E-state index in [4.69, 9.17) is 21.6 Å². The Balaban J connectivity index is 2.66. The summed E-state index contributed by atoms with van der Waals surface area (Å²) in [6.45, 7) is 3.38. The summed E-state index contributed by atoms with van der Waals surface area (Å²) in [5.74, 6) is -0.537. The molecule has 0 atom stereocenters. The highest BCUT2D eigenvalue weighted by molar-refractivity contribution is 6.32. The standard InChI is InChI=1S/C15H17ClN4O4/c1-2-24-7-3-6-18-15(21)11(9-17)10-19-12-4-5-13(16)14(8-12)20(22)23/h4-5,8,10,19H,2-3,6-7H2,1H3,(H,18,21)/b11-10-. The summed E-state index contributed by atoms with van der Waals surface area (Å²) in [5.41, 5.74) is -0.0824. The molecule has 1 rings (SSSR count). The van der Waals surface area contributed by atoms with Gasteiger partial charge >= 0.3 is 0 Å². The Bertz CT molecular complexity index is 670. The van der Waals surface area contributed by atoms with E-state index in [1.807, 2.05) is 6.92 Å². The van der Waals surface area contributed by atoms with Crippen LogP contribution in [0.25, 0.3) is 0 Å². The Morgan fingerprint density at radius 3 is 2.92 bits per heavy atom. The molecular formula is C15H17ClN4O4. The Morgan fingerprint density at radius 1 is 1.54 bits per heavy atom. The molecule has 9 heteroatoms. The third-order valence-electron chi connectivity index (χ3n) is 2.85. The summed E-state index contributed by atoms with van der Waals surface area (Å²) < 4.78 is 5.14. The molecule has 0 unspecified atom stereocenters. The molecule has 0 aliphatic carbocycles. The highest BCUT2D eigenvalue weighted by atomic mass is 35.5. The number of rotatable bonds is 9. The minimum Gasteiger partial charge on any atom is -0.382 e. The Labute approximate surface area is 144 Å². The van der Waals surface area contributed by atoms with Gasteiger partial charge in [0, 0.05) is 37.7 Å². The first kappa shape index (κ1) is 19.4. The number of amides is 1. The zero-order chi connectivity index (χ0) is 17.9. The van der Waals surface area contributed by atoms with Gasteiger partial charge in [0.25, 0.3) is 11.6 Å². The number of ether oxygens (including phenoxy) is 1. The quantitative estimate of drug-likeness (QED) is 0.232. The minimum absolute atomic E-state index is 0.00192. The second-order valence-electron chi connectivity index (χ2n) is 4.54. The van der Waals surface area contributed by atoms with Crippen LogP contribution in [-0.2, 0) is 9.53 Å². The van der Waals surface area contributed by atoms with E-state index in [2.05, 4.69) is 10.6 Å². The van der Waals surface area contributed by atoms with Gasteiger partial charge in [-0.2, -0.15) is 5.26 Å². The van der Waals surface area contributed by atoms with Crippen LogP contribution < -0.4 is 10.6 Å². The highest BCUT2D eigenvalue weighted by Crippen LogP contribution is 2.27. The number of hydrogen-bond acceptors (Lipinski definition) is 6. The van der Waals surface area contributed by atoms with Crippen molar-refractivity contribution in [3.05, 3.63) is 45.1 Å². The third kappa shape index (κ3) is 6.24. The van der Waals surface area contributed by atoms with E-state index in [1.54, 1.807) is 6.07 Å². The van der Waals surface area contributed by atoms with E-state index >= 15 is 0 Å². The molecule has 0 heterocycles. The second kappa shape index (κ2) is 10.2. The maximum Gasteiger partial charge on any atom is 0.289 e. The van der Waals surface area contributed by atoms with E-state index < -0.39 is 10.8 Å². The second-order valence-corrected chi connectivity index (χ2v) is 4.95. The number of nitrogens with zero attached hydrogens (tertiary/aromatic N) is 2. The predicted octanol–water partition coefficient (Wildman–Crippen LogP) is 2.61. The monoisotopic (exact) mass is 352 g/mol. The van der Waals surface area contributed by atoms with E-state index in [0.29, 0.717) is 31.9 Å². The minimum atomic E-state index is -0.618. The smallest absolute Gasteiger partial charge is 0.289 e. The molecule has 0 bridgehead atoms. The van der Waals surface area contributed by atoms with Crippen molar-refractivity contribution < 1.29 is 14.5 Å². The summed E-state index contributed by atoms with van der Waals surface area (Å²) in [7, 11) is 0. The van der Waals surface area contributed by atoms with E-state index in [9.17, 15) is 14.9 Å². The lowest BCUT2D eigenvalue weighted by atomic mass is 10.2. The van der Waals surface area contributed by atoms with Crippen molar-refractivity contribution in [3.63, 3.8) is 0 Å². The number of hydrogen-bond donors (Lipinski definition) is 2. The molecule has 0 aromatic heterocycles. The van der Waals surface area contributed by atoms with E-state index in [1.165, 1.54) is 24.4 Å². The molecule has 0 saturated carbocycles. The van der Waals surface area contributed by atoms with Gasteiger partial charge in [-0.15, -0.1) is 0 Å². The largest absolute Gasteiger partial charge is 0.382 e. The van der Waals surface area contributed by atoms with E-state index in [-0.39, 0.29) is 16.3 Å². The zero-order valence-electron chi connectivity index (χ0n) is 13.0. The summed E-state index contributed by atoms with van der Waals surface area (Å²) in [5, 5.41) is 25.1. The molecule has 24 heavy (non-hydrogen) atoms. The van der Waals surface area contributed by atoms with Crippen LogP contribution in [0.5, 0.6) is 0 Å². The fourth-order valence-corrected chi connectivity index (χ4v) is 1.85. The average molecular weight is 353 g/mol. The number of nitro benzene ring substituents is 1. The van der Waals surface area contributed by atoms with Gasteiger partial charge in [0.2, 0.25) is 0 Å². The lowest BCUT2D eigenvalue weighted by Gasteiger charge is -2.06. The number of halogens is 1. The molecule has 0 saturated heterocycles. The molecule has 1 aromatic carbocycles. The molecule has 8 nitrogen and oxygen atoms in total. The number of nitriles is 1. The molecule has 2 N–H and O–H groups in total. The van der Waals surface area contributed by atoms with Crippen molar-refractivity contribution in [3.8, 4) is 6.07 Å². The van der Waals surface area contributed by atoms with Gasteiger partial charge in [0.05, 0.1) is 4.92 Å². The zero-order valence-corrected chi connectivity index (χ0v) is 13.8. The van der Waals surface area contributed by atoms with Crippen LogP contribution in [0.4, 0.5) is 11.4 Å². The first-order valence-corrected chi connectivity index (χ1v) is 7.54. The van der Waals surface area contributed by atoms with Gasteiger partial charge < -0.3 is 15.4 Å². The number of anilines is 1. The summed E-state index contributed by atoms with van der Waals surface area (Å²) >= 11 is 5.71. The molecular weight excluding hydrogens is 336 g/mol. The number of nitrogens with one attached hydrogen (secondary N) is 2. The molecule has 0 fully saturated rings. The van der Waals surface area contributed by atoms with Crippen molar-refractivity contribution in [1.29, 1.82) is 5.26 Å².